The summed E-state index contributed by atoms with van der Waals surface area (Å²) in [6.45, 7) is 0. The van der Waals surface area contributed by atoms with Crippen molar-refractivity contribution in [3.05, 3.63) is 40.5 Å². The monoisotopic (exact) mass is 417 g/mol. The first kappa shape index (κ1) is 18.3. The van der Waals surface area contributed by atoms with Gasteiger partial charge in [0.2, 0.25) is 11.9 Å². The molecule has 1 aliphatic carbocycles. The highest BCUT2D eigenvalue weighted by molar-refractivity contribution is 9.10. The highest BCUT2D eigenvalue weighted by atomic mass is 79.9. The Morgan fingerprint density at radius 3 is 2.73 bits per heavy atom. The van der Waals surface area contributed by atoms with Crippen LogP contribution in [0.25, 0.3) is 0 Å². The van der Waals surface area contributed by atoms with Gasteiger partial charge in [-0.15, -0.1) is 0 Å². The maximum atomic E-state index is 12.0. The van der Waals surface area contributed by atoms with E-state index in [1.165, 1.54) is 0 Å². The van der Waals surface area contributed by atoms with Crippen LogP contribution < -0.4 is 16.0 Å². The number of halogens is 1. The van der Waals surface area contributed by atoms with E-state index in [1.807, 2.05) is 0 Å². The Bertz CT molecular complexity index is 797. The molecule has 1 aliphatic rings. The summed E-state index contributed by atoms with van der Waals surface area (Å²) in [4.78, 5) is 31.5. The second-order valence-electron chi connectivity index (χ2n) is 6.16. The Hall–Kier alpha value is -2.48. The molecule has 1 aromatic heterocycles. The molecule has 0 spiro atoms. The number of carbonyl (C=O) groups is 2. The summed E-state index contributed by atoms with van der Waals surface area (Å²) in [5.74, 6) is 1.07. The number of hydrogen-bond donors (Lipinski definition) is 3. The molecule has 0 radical (unpaired) electrons. The number of nitrogens with zero attached hydrogens (tertiary/aromatic N) is 2. The molecule has 2 unspecified atom stereocenters. The maximum absolute atomic E-state index is 12.0. The van der Waals surface area contributed by atoms with Gasteiger partial charge in [0, 0.05) is 30.5 Å². The topological polar surface area (TPSA) is 96.0 Å². The van der Waals surface area contributed by atoms with Crippen LogP contribution in [0.5, 0.6) is 0 Å². The minimum atomic E-state index is -0.0610. The molecule has 1 fully saturated rings. The molecule has 8 heteroatoms. The number of amides is 1. The van der Waals surface area contributed by atoms with Crippen molar-refractivity contribution < 1.29 is 9.59 Å². The quantitative estimate of drug-likeness (QED) is 0.624. The Labute approximate surface area is 160 Å². The van der Waals surface area contributed by atoms with Crippen molar-refractivity contribution in [2.75, 3.05) is 17.7 Å². The fourth-order valence-electron chi connectivity index (χ4n) is 3.11. The largest absolute Gasteiger partial charge is 0.365 e. The summed E-state index contributed by atoms with van der Waals surface area (Å²) in [6, 6.07) is 7.07. The number of hydrogen-bond acceptors (Lipinski definition) is 6. The Kier molecular flexibility index (Phi) is 5.82. The number of aromatic nitrogens is 2. The fraction of sp³-hybridized carbons (Fsp3) is 0.333. The molecule has 3 N–H and O–H groups in total. The number of rotatable bonds is 6. The van der Waals surface area contributed by atoms with Crippen LogP contribution in [0.2, 0.25) is 0 Å². The second-order valence-corrected chi connectivity index (χ2v) is 7.01. The van der Waals surface area contributed by atoms with Crippen LogP contribution in [0.3, 0.4) is 0 Å². The average molecular weight is 418 g/mol. The molecular formula is C18H20BrN5O2. The zero-order valence-electron chi connectivity index (χ0n) is 14.3. The molecule has 1 amide bonds. The fourth-order valence-corrected chi connectivity index (χ4v) is 3.42. The molecule has 2 aromatic rings. The molecule has 26 heavy (non-hydrogen) atoms. The third kappa shape index (κ3) is 4.19. The van der Waals surface area contributed by atoms with E-state index >= 15 is 0 Å². The van der Waals surface area contributed by atoms with E-state index in [1.54, 1.807) is 37.5 Å². The molecule has 1 aromatic carbocycles. The normalized spacial score (nSPS) is 19.0. The minimum absolute atomic E-state index is 0.0425. The molecule has 0 bridgehead atoms. The summed E-state index contributed by atoms with van der Waals surface area (Å²) in [7, 11) is 1.66. The highest BCUT2D eigenvalue weighted by Gasteiger charge is 2.33. The molecule has 7 nitrogen and oxygen atoms in total. The van der Waals surface area contributed by atoms with Gasteiger partial charge in [0.25, 0.3) is 0 Å². The molecular weight excluding hydrogens is 398 g/mol. The van der Waals surface area contributed by atoms with Gasteiger partial charge in [0.15, 0.2) is 0 Å². The lowest BCUT2D eigenvalue weighted by atomic mass is 10.0. The van der Waals surface area contributed by atoms with Crippen molar-refractivity contribution in [1.82, 2.24) is 15.3 Å². The number of anilines is 3. The van der Waals surface area contributed by atoms with Crippen molar-refractivity contribution in [3.8, 4) is 0 Å². The minimum Gasteiger partial charge on any atom is -0.365 e. The van der Waals surface area contributed by atoms with E-state index in [-0.39, 0.29) is 17.9 Å². The average Bonchev–Trinajstić information content (AvgIpc) is 3.12. The van der Waals surface area contributed by atoms with E-state index in [4.69, 9.17) is 0 Å². The van der Waals surface area contributed by atoms with Gasteiger partial charge in [-0.3, -0.25) is 9.59 Å². The van der Waals surface area contributed by atoms with Gasteiger partial charge in [-0.25, -0.2) is 4.98 Å². The van der Waals surface area contributed by atoms with E-state index in [0.29, 0.717) is 17.3 Å². The van der Waals surface area contributed by atoms with Gasteiger partial charge in [0.1, 0.15) is 12.1 Å². The molecule has 0 saturated heterocycles. The molecule has 3 rings (SSSR count). The number of nitrogens with one attached hydrogen (secondary N) is 3. The Balaban J connectivity index is 1.74. The van der Waals surface area contributed by atoms with Crippen molar-refractivity contribution in [2.24, 2.45) is 5.92 Å². The van der Waals surface area contributed by atoms with Gasteiger partial charge in [-0.05, 0) is 53.0 Å². The predicted molar refractivity (Wildman–Crippen MR) is 104 cm³/mol. The van der Waals surface area contributed by atoms with Crippen molar-refractivity contribution in [1.29, 1.82) is 0 Å². The van der Waals surface area contributed by atoms with Crippen molar-refractivity contribution in [2.45, 2.75) is 25.3 Å². The summed E-state index contributed by atoms with van der Waals surface area (Å²) < 4.78 is 0.738. The van der Waals surface area contributed by atoms with Crippen LogP contribution in [0.1, 0.15) is 29.6 Å². The zero-order valence-corrected chi connectivity index (χ0v) is 15.9. The third-order valence-electron chi connectivity index (χ3n) is 4.47. The zero-order chi connectivity index (χ0) is 18.5. The molecule has 136 valence electrons. The number of carbonyl (C=O) groups excluding carboxylic acids is 2. The van der Waals surface area contributed by atoms with Crippen LogP contribution in [0, 0.1) is 5.92 Å². The molecule has 1 saturated carbocycles. The smallest absolute Gasteiger partial charge is 0.229 e. The first-order chi connectivity index (χ1) is 12.6. The van der Waals surface area contributed by atoms with E-state index in [9.17, 15) is 9.59 Å². The van der Waals surface area contributed by atoms with E-state index < -0.39 is 0 Å². The molecule has 1 heterocycles. The lowest BCUT2D eigenvalue weighted by Crippen LogP contribution is -2.36. The third-order valence-corrected chi connectivity index (χ3v) is 5.05. The first-order valence-electron chi connectivity index (χ1n) is 8.43. The van der Waals surface area contributed by atoms with Crippen LogP contribution in [-0.2, 0) is 4.79 Å². The van der Waals surface area contributed by atoms with Gasteiger partial charge in [-0.1, -0.05) is 6.42 Å². The van der Waals surface area contributed by atoms with E-state index in [2.05, 4.69) is 41.8 Å². The van der Waals surface area contributed by atoms with Crippen molar-refractivity contribution in [3.63, 3.8) is 0 Å². The Morgan fingerprint density at radius 2 is 2.04 bits per heavy atom. The van der Waals surface area contributed by atoms with Gasteiger partial charge in [-0.2, -0.15) is 4.98 Å². The standard InChI is InChI=1S/C18H20BrN5O2/c1-20-17(26)13-3-2-4-15(13)23-16-14(19)9-21-18(24-16)22-12-7-5-11(10-25)6-8-12/h5-10,13,15H,2-4H2,1H3,(H,20,26)(H2,21,22,23,24). The number of benzene rings is 1. The lowest BCUT2D eigenvalue weighted by molar-refractivity contribution is -0.124. The second kappa shape index (κ2) is 8.27. The summed E-state index contributed by atoms with van der Waals surface area (Å²) in [6.07, 6.45) is 5.26. The SMILES string of the molecule is CNC(=O)C1CCCC1Nc1nc(Nc2ccc(C=O)cc2)ncc1Br. The van der Waals surface area contributed by atoms with Gasteiger partial charge >= 0.3 is 0 Å². The van der Waals surface area contributed by atoms with Gasteiger partial charge < -0.3 is 16.0 Å². The van der Waals surface area contributed by atoms with Gasteiger partial charge in [0.05, 0.1) is 10.4 Å². The Morgan fingerprint density at radius 1 is 1.27 bits per heavy atom. The van der Waals surface area contributed by atoms with Crippen LogP contribution in [0.4, 0.5) is 17.5 Å². The van der Waals surface area contributed by atoms with E-state index in [0.717, 1.165) is 35.7 Å². The summed E-state index contributed by atoms with van der Waals surface area (Å²) in [5, 5.41) is 9.22. The number of aldehydes is 1. The van der Waals surface area contributed by atoms with Crippen molar-refractivity contribution >= 4 is 45.6 Å². The molecule has 0 aliphatic heterocycles. The lowest BCUT2D eigenvalue weighted by Gasteiger charge is -2.21. The van der Waals surface area contributed by atoms with Crippen LogP contribution >= 0.6 is 15.9 Å². The summed E-state index contributed by atoms with van der Waals surface area (Å²) >= 11 is 3.46. The predicted octanol–water partition coefficient (Wildman–Crippen LogP) is 3.12. The van der Waals surface area contributed by atoms with Crippen LogP contribution in [0.15, 0.2) is 34.9 Å². The molecule has 2 atom stereocenters. The highest BCUT2D eigenvalue weighted by Crippen LogP contribution is 2.31. The maximum Gasteiger partial charge on any atom is 0.229 e. The van der Waals surface area contributed by atoms with Crippen LogP contribution in [-0.4, -0.2) is 35.3 Å². The summed E-state index contributed by atoms with van der Waals surface area (Å²) in [5.41, 5.74) is 1.39. The first-order valence-corrected chi connectivity index (χ1v) is 9.23.